The van der Waals surface area contributed by atoms with Gasteiger partial charge < -0.3 is 0 Å². The van der Waals surface area contributed by atoms with Crippen LogP contribution in [0.2, 0.25) is 0 Å². The van der Waals surface area contributed by atoms with Crippen molar-refractivity contribution in [3.05, 3.63) is 42.0 Å². The minimum Gasteiger partial charge on any atom is -0.266 e. The zero-order chi connectivity index (χ0) is 14.4. The van der Waals surface area contributed by atoms with Crippen LogP contribution in [-0.4, -0.2) is 17.0 Å². The Bertz CT molecular complexity index is 484. The molecule has 0 N–H and O–H groups in total. The lowest BCUT2D eigenvalue weighted by Crippen LogP contribution is -2.40. The van der Waals surface area contributed by atoms with Crippen LogP contribution in [0.5, 0.6) is 0 Å². The quantitative estimate of drug-likeness (QED) is 0.806. The average molecular weight is 253 g/mol. The van der Waals surface area contributed by atoms with E-state index in [9.17, 15) is 0 Å². The summed E-state index contributed by atoms with van der Waals surface area (Å²) in [6, 6.07) is 11.9. The lowest BCUT2D eigenvalue weighted by molar-refractivity contribution is 0.160. The summed E-state index contributed by atoms with van der Waals surface area (Å²) in [7, 11) is 0. The van der Waals surface area contributed by atoms with E-state index in [0.717, 1.165) is 11.1 Å². The Morgan fingerprint density at radius 1 is 1.05 bits per heavy atom. The van der Waals surface area contributed by atoms with Gasteiger partial charge in [0.05, 0.1) is 24.2 Å². The highest BCUT2D eigenvalue weighted by Crippen LogP contribution is 2.25. The molecule has 1 aromatic rings. The second-order valence-corrected chi connectivity index (χ2v) is 4.60. The van der Waals surface area contributed by atoms with Gasteiger partial charge in [0.1, 0.15) is 0 Å². The SMILES string of the molecule is C=Cc1ccc(C(C)N(C(C)C#N)C(C)C#N)cc1. The molecule has 0 bridgehead atoms. The first-order valence-electron chi connectivity index (χ1n) is 6.34. The molecule has 1 rings (SSSR count). The molecule has 0 radical (unpaired) electrons. The molecule has 0 spiro atoms. The van der Waals surface area contributed by atoms with Crippen molar-refractivity contribution in [3.63, 3.8) is 0 Å². The molecule has 0 amide bonds. The molecule has 0 saturated carbocycles. The Labute approximate surface area is 115 Å². The predicted molar refractivity (Wildman–Crippen MR) is 76.9 cm³/mol. The molecule has 3 unspecified atom stereocenters. The van der Waals surface area contributed by atoms with Crippen molar-refractivity contribution >= 4 is 6.08 Å². The van der Waals surface area contributed by atoms with E-state index in [1.165, 1.54) is 0 Å². The number of hydrogen-bond acceptors (Lipinski definition) is 3. The summed E-state index contributed by atoms with van der Waals surface area (Å²) in [4.78, 5) is 1.92. The van der Waals surface area contributed by atoms with Crippen molar-refractivity contribution in [2.75, 3.05) is 0 Å². The molecular weight excluding hydrogens is 234 g/mol. The first-order valence-corrected chi connectivity index (χ1v) is 6.34. The third-order valence-electron chi connectivity index (χ3n) is 3.37. The van der Waals surface area contributed by atoms with Crippen LogP contribution in [0.25, 0.3) is 6.08 Å². The van der Waals surface area contributed by atoms with Gasteiger partial charge in [-0.05, 0) is 31.9 Å². The monoisotopic (exact) mass is 253 g/mol. The molecule has 3 atom stereocenters. The summed E-state index contributed by atoms with van der Waals surface area (Å²) in [5, 5.41) is 18.2. The van der Waals surface area contributed by atoms with Crippen LogP contribution in [0.1, 0.15) is 37.9 Å². The molecule has 1 aromatic carbocycles. The molecule has 0 aliphatic carbocycles. The molecule has 0 aliphatic heterocycles. The Hall–Kier alpha value is -2.10. The average Bonchev–Trinajstić information content (AvgIpc) is 2.46. The highest BCUT2D eigenvalue weighted by atomic mass is 15.2. The Kier molecular flexibility index (Phi) is 5.30. The van der Waals surface area contributed by atoms with E-state index in [1.54, 1.807) is 6.08 Å². The maximum absolute atomic E-state index is 9.11. The summed E-state index contributed by atoms with van der Waals surface area (Å²) in [5.74, 6) is 0. The van der Waals surface area contributed by atoms with Crippen LogP contribution < -0.4 is 0 Å². The minimum absolute atomic E-state index is 0.0168. The van der Waals surface area contributed by atoms with Crippen LogP contribution in [0.3, 0.4) is 0 Å². The van der Waals surface area contributed by atoms with Gasteiger partial charge in [-0.15, -0.1) is 0 Å². The van der Waals surface area contributed by atoms with Crippen LogP contribution in [0, 0.1) is 22.7 Å². The van der Waals surface area contributed by atoms with Crippen molar-refractivity contribution in [3.8, 4) is 12.1 Å². The molecule has 3 heteroatoms. The Morgan fingerprint density at radius 3 is 1.89 bits per heavy atom. The van der Waals surface area contributed by atoms with Crippen LogP contribution in [-0.2, 0) is 0 Å². The van der Waals surface area contributed by atoms with Gasteiger partial charge in [0.25, 0.3) is 0 Å². The Morgan fingerprint density at radius 2 is 1.53 bits per heavy atom. The lowest BCUT2D eigenvalue weighted by Gasteiger charge is -2.33. The second kappa shape index (κ2) is 6.73. The third-order valence-corrected chi connectivity index (χ3v) is 3.37. The number of nitriles is 2. The van der Waals surface area contributed by atoms with Crippen LogP contribution in [0.15, 0.2) is 30.8 Å². The largest absolute Gasteiger partial charge is 0.266 e. The fraction of sp³-hybridized carbons (Fsp3) is 0.375. The van der Waals surface area contributed by atoms with Gasteiger partial charge in [-0.3, -0.25) is 4.90 Å². The highest BCUT2D eigenvalue weighted by Gasteiger charge is 2.26. The van der Waals surface area contributed by atoms with E-state index in [2.05, 4.69) is 18.7 Å². The number of nitrogens with zero attached hydrogens (tertiary/aromatic N) is 3. The third kappa shape index (κ3) is 3.44. The summed E-state index contributed by atoms with van der Waals surface area (Å²) in [6.45, 7) is 9.39. The maximum atomic E-state index is 9.11. The zero-order valence-electron chi connectivity index (χ0n) is 11.7. The molecule has 19 heavy (non-hydrogen) atoms. The summed E-state index contributed by atoms with van der Waals surface area (Å²) >= 11 is 0. The predicted octanol–water partition coefficient (Wildman–Crippen LogP) is 3.52. The van der Waals surface area contributed by atoms with Gasteiger partial charge in [0, 0.05) is 6.04 Å². The van der Waals surface area contributed by atoms with E-state index < -0.39 is 0 Å². The van der Waals surface area contributed by atoms with E-state index in [0.29, 0.717) is 0 Å². The smallest absolute Gasteiger partial charge is 0.0964 e. The highest BCUT2D eigenvalue weighted by molar-refractivity contribution is 5.47. The van der Waals surface area contributed by atoms with Gasteiger partial charge in [0.15, 0.2) is 0 Å². The fourth-order valence-electron chi connectivity index (χ4n) is 2.22. The molecule has 0 aromatic heterocycles. The van der Waals surface area contributed by atoms with Crippen LogP contribution in [0.4, 0.5) is 0 Å². The van der Waals surface area contributed by atoms with Crippen molar-refractivity contribution in [2.45, 2.75) is 38.9 Å². The fourth-order valence-corrected chi connectivity index (χ4v) is 2.22. The van der Waals surface area contributed by atoms with Gasteiger partial charge in [-0.25, -0.2) is 0 Å². The van der Waals surface area contributed by atoms with Gasteiger partial charge in [-0.2, -0.15) is 10.5 Å². The Balaban J connectivity index is 3.05. The topological polar surface area (TPSA) is 50.8 Å². The van der Waals surface area contributed by atoms with Gasteiger partial charge in [0.2, 0.25) is 0 Å². The molecule has 98 valence electrons. The number of rotatable bonds is 5. The van der Waals surface area contributed by atoms with E-state index in [1.807, 2.05) is 49.9 Å². The first kappa shape index (κ1) is 15.0. The molecule has 0 heterocycles. The number of benzene rings is 1. The van der Waals surface area contributed by atoms with Gasteiger partial charge in [-0.1, -0.05) is 36.9 Å². The number of hydrogen-bond donors (Lipinski definition) is 0. The van der Waals surface area contributed by atoms with E-state index in [-0.39, 0.29) is 18.1 Å². The lowest BCUT2D eigenvalue weighted by atomic mass is 10.0. The van der Waals surface area contributed by atoms with E-state index in [4.69, 9.17) is 10.5 Å². The second-order valence-electron chi connectivity index (χ2n) is 4.60. The van der Waals surface area contributed by atoms with Crippen molar-refractivity contribution in [2.24, 2.45) is 0 Å². The maximum Gasteiger partial charge on any atom is 0.0964 e. The zero-order valence-corrected chi connectivity index (χ0v) is 11.7. The van der Waals surface area contributed by atoms with Crippen molar-refractivity contribution in [1.82, 2.24) is 4.90 Å². The van der Waals surface area contributed by atoms with Crippen LogP contribution >= 0.6 is 0 Å². The summed E-state index contributed by atoms with van der Waals surface area (Å²) in [5.41, 5.74) is 2.15. The summed E-state index contributed by atoms with van der Waals surface area (Å²) in [6.07, 6.45) is 1.79. The van der Waals surface area contributed by atoms with Gasteiger partial charge >= 0.3 is 0 Å². The van der Waals surface area contributed by atoms with Crippen molar-refractivity contribution < 1.29 is 0 Å². The molecule has 0 saturated heterocycles. The minimum atomic E-state index is -0.302. The molecule has 0 fully saturated rings. The molecule has 3 nitrogen and oxygen atoms in total. The molecular formula is C16H19N3. The summed E-state index contributed by atoms with van der Waals surface area (Å²) < 4.78 is 0. The standard InChI is InChI=1S/C16H19N3/c1-5-15-6-8-16(9-7-15)14(4)19(12(2)10-17)13(3)11-18/h5-9,12-14H,1H2,2-4H3. The first-order chi connectivity index (χ1) is 9.04. The normalized spacial score (nSPS) is 15.1. The molecule has 0 aliphatic rings. The van der Waals surface area contributed by atoms with Crippen molar-refractivity contribution in [1.29, 1.82) is 10.5 Å². The van der Waals surface area contributed by atoms with E-state index >= 15 is 0 Å².